The zero-order chi connectivity index (χ0) is 15.4. The van der Waals surface area contributed by atoms with Crippen molar-refractivity contribution in [2.45, 2.75) is 26.3 Å². The van der Waals surface area contributed by atoms with Crippen molar-refractivity contribution in [2.75, 3.05) is 6.61 Å². The number of allylic oxidation sites excluding steroid dienone is 1. The monoisotopic (exact) mass is 290 g/mol. The molecule has 21 heavy (non-hydrogen) atoms. The number of ether oxygens (including phenoxy) is 1. The number of hydrogen-bond donors (Lipinski definition) is 3. The van der Waals surface area contributed by atoms with Crippen LogP contribution in [0.15, 0.2) is 35.5 Å². The molecule has 1 aromatic rings. The van der Waals surface area contributed by atoms with Crippen LogP contribution in [-0.2, 0) is 9.53 Å². The van der Waals surface area contributed by atoms with Gasteiger partial charge in [-0.1, -0.05) is 19.1 Å². The second kappa shape index (κ2) is 6.30. The van der Waals surface area contributed by atoms with Crippen molar-refractivity contribution >= 4 is 12.0 Å². The molecule has 0 bridgehead atoms. The summed E-state index contributed by atoms with van der Waals surface area (Å²) < 4.78 is 5.17. The minimum absolute atomic E-state index is 0.120. The van der Waals surface area contributed by atoms with Gasteiger partial charge < -0.3 is 20.5 Å². The minimum atomic E-state index is -0.594. The molecule has 0 radical (unpaired) electrons. The summed E-state index contributed by atoms with van der Waals surface area (Å²) in [6.07, 6.45) is 0.724. The fourth-order valence-corrected chi connectivity index (χ4v) is 2.15. The number of nitrogens with one attached hydrogen (secondary N) is 2. The number of esters is 1. The molecule has 1 aliphatic heterocycles. The van der Waals surface area contributed by atoms with Crippen molar-refractivity contribution in [1.29, 1.82) is 0 Å². The molecule has 1 atom stereocenters. The largest absolute Gasteiger partial charge is 0.508 e. The molecular weight excluding hydrogens is 272 g/mol. The lowest BCUT2D eigenvalue weighted by Gasteiger charge is -2.28. The van der Waals surface area contributed by atoms with Crippen molar-refractivity contribution in [3.8, 4) is 5.75 Å². The van der Waals surface area contributed by atoms with Gasteiger partial charge in [-0.05, 0) is 31.0 Å². The van der Waals surface area contributed by atoms with E-state index in [2.05, 4.69) is 10.6 Å². The van der Waals surface area contributed by atoms with Crippen LogP contribution in [0.5, 0.6) is 5.75 Å². The lowest BCUT2D eigenvalue weighted by atomic mass is 9.95. The van der Waals surface area contributed by atoms with E-state index in [9.17, 15) is 14.7 Å². The maximum atomic E-state index is 12.2. The van der Waals surface area contributed by atoms with E-state index in [0.717, 1.165) is 6.42 Å². The summed E-state index contributed by atoms with van der Waals surface area (Å²) in [5.41, 5.74) is 1.54. The maximum Gasteiger partial charge on any atom is 0.338 e. The van der Waals surface area contributed by atoms with Crippen LogP contribution < -0.4 is 10.6 Å². The second-order valence-electron chi connectivity index (χ2n) is 4.80. The number of phenols is 1. The number of carbonyl (C=O) groups excluding carboxylic acids is 2. The standard InChI is InChI=1S/C15H18N2O4/c1-3-8-21-14(19)12-9(2)16-15(20)17-13(12)10-4-6-11(18)7-5-10/h4-7,13,18H,3,8H2,1-2H3,(H2,16,17,20). The Morgan fingerprint density at radius 3 is 2.62 bits per heavy atom. The lowest BCUT2D eigenvalue weighted by Crippen LogP contribution is -2.45. The van der Waals surface area contributed by atoms with E-state index in [1.807, 2.05) is 6.92 Å². The summed E-state index contributed by atoms with van der Waals surface area (Å²) in [5.74, 6) is -0.338. The van der Waals surface area contributed by atoms with Crippen molar-refractivity contribution < 1.29 is 19.4 Å². The number of aromatic hydroxyl groups is 1. The molecule has 0 saturated heterocycles. The SMILES string of the molecule is CCCOC(=O)C1=C(C)NC(=O)NC1c1ccc(O)cc1. The highest BCUT2D eigenvalue weighted by molar-refractivity contribution is 5.95. The Labute approximate surface area is 122 Å². The highest BCUT2D eigenvalue weighted by Crippen LogP contribution is 2.28. The van der Waals surface area contributed by atoms with E-state index in [1.165, 1.54) is 12.1 Å². The first-order chi connectivity index (χ1) is 10.0. The first-order valence-corrected chi connectivity index (χ1v) is 6.77. The average Bonchev–Trinajstić information content (AvgIpc) is 2.44. The Hall–Kier alpha value is -2.50. The number of rotatable bonds is 4. The van der Waals surface area contributed by atoms with Crippen LogP contribution in [-0.4, -0.2) is 23.7 Å². The Morgan fingerprint density at radius 1 is 1.33 bits per heavy atom. The fourth-order valence-electron chi connectivity index (χ4n) is 2.15. The molecule has 0 aromatic heterocycles. The van der Waals surface area contributed by atoms with Crippen LogP contribution >= 0.6 is 0 Å². The third kappa shape index (κ3) is 3.34. The van der Waals surface area contributed by atoms with Gasteiger partial charge >= 0.3 is 12.0 Å². The molecule has 0 saturated carbocycles. The van der Waals surface area contributed by atoms with Crippen LogP contribution in [0.1, 0.15) is 31.9 Å². The predicted octanol–water partition coefficient (Wildman–Crippen LogP) is 1.97. The third-order valence-corrected chi connectivity index (χ3v) is 3.15. The fraction of sp³-hybridized carbons (Fsp3) is 0.333. The molecule has 0 spiro atoms. The van der Waals surface area contributed by atoms with Crippen molar-refractivity contribution in [3.05, 3.63) is 41.1 Å². The number of hydrogen-bond acceptors (Lipinski definition) is 4. The number of amides is 2. The van der Waals surface area contributed by atoms with Gasteiger partial charge in [-0.2, -0.15) is 0 Å². The van der Waals surface area contributed by atoms with Gasteiger partial charge in [-0.25, -0.2) is 9.59 Å². The minimum Gasteiger partial charge on any atom is -0.508 e. The van der Waals surface area contributed by atoms with Crippen LogP contribution in [0.3, 0.4) is 0 Å². The van der Waals surface area contributed by atoms with Crippen LogP contribution in [0.2, 0.25) is 0 Å². The summed E-state index contributed by atoms with van der Waals surface area (Å²) in [6.45, 7) is 3.90. The van der Waals surface area contributed by atoms with E-state index in [1.54, 1.807) is 19.1 Å². The molecular formula is C15H18N2O4. The molecule has 1 unspecified atom stereocenters. The normalized spacial score (nSPS) is 18.0. The topological polar surface area (TPSA) is 87.7 Å². The summed E-state index contributed by atoms with van der Waals surface area (Å²) in [4.78, 5) is 23.9. The van der Waals surface area contributed by atoms with Crippen molar-refractivity contribution in [2.24, 2.45) is 0 Å². The van der Waals surface area contributed by atoms with E-state index < -0.39 is 12.0 Å². The first-order valence-electron chi connectivity index (χ1n) is 6.77. The zero-order valence-corrected chi connectivity index (χ0v) is 12.0. The van der Waals surface area contributed by atoms with E-state index in [4.69, 9.17) is 4.74 Å². The van der Waals surface area contributed by atoms with Crippen molar-refractivity contribution in [1.82, 2.24) is 10.6 Å². The van der Waals surface area contributed by atoms with Crippen LogP contribution in [0.25, 0.3) is 0 Å². The van der Waals surface area contributed by atoms with Gasteiger partial charge in [0.1, 0.15) is 5.75 Å². The van der Waals surface area contributed by atoms with Crippen LogP contribution in [0.4, 0.5) is 4.79 Å². The quantitative estimate of drug-likeness (QED) is 0.740. The molecule has 1 heterocycles. The number of phenolic OH excluding ortho intramolecular Hbond substituents is 1. The lowest BCUT2D eigenvalue weighted by molar-refractivity contribution is -0.139. The average molecular weight is 290 g/mol. The van der Waals surface area contributed by atoms with Gasteiger partial charge in [0, 0.05) is 5.70 Å². The highest BCUT2D eigenvalue weighted by Gasteiger charge is 2.32. The Kier molecular flexibility index (Phi) is 4.47. The van der Waals surface area contributed by atoms with Gasteiger partial charge in [0.25, 0.3) is 0 Å². The van der Waals surface area contributed by atoms with Gasteiger partial charge in [-0.15, -0.1) is 0 Å². The van der Waals surface area contributed by atoms with Gasteiger partial charge in [0.15, 0.2) is 0 Å². The Morgan fingerprint density at radius 2 is 2.00 bits per heavy atom. The zero-order valence-electron chi connectivity index (χ0n) is 12.0. The van der Waals surface area contributed by atoms with Gasteiger partial charge in [0.2, 0.25) is 0 Å². The van der Waals surface area contributed by atoms with E-state index in [-0.39, 0.29) is 11.8 Å². The smallest absolute Gasteiger partial charge is 0.338 e. The highest BCUT2D eigenvalue weighted by atomic mass is 16.5. The molecule has 3 N–H and O–H groups in total. The van der Waals surface area contributed by atoms with E-state index in [0.29, 0.717) is 23.4 Å². The Balaban J connectivity index is 2.35. The molecule has 0 fully saturated rings. The molecule has 6 nitrogen and oxygen atoms in total. The second-order valence-corrected chi connectivity index (χ2v) is 4.80. The van der Waals surface area contributed by atoms with Crippen LogP contribution in [0, 0.1) is 0 Å². The molecule has 2 rings (SSSR count). The maximum absolute atomic E-state index is 12.2. The first kappa shape index (κ1) is 14.9. The number of benzene rings is 1. The molecule has 1 aromatic carbocycles. The van der Waals surface area contributed by atoms with Crippen molar-refractivity contribution in [3.63, 3.8) is 0 Å². The predicted molar refractivity (Wildman–Crippen MR) is 76.5 cm³/mol. The Bertz CT molecular complexity index is 578. The summed E-state index contributed by atoms with van der Waals surface area (Å²) >= 11 is 0. The molecule has 0 aliphatic carbocycles. The molecule has 112 valence electrons. The molecule has 6 heteroatoms. The molecule has 2 amide bonds. The van der Waals surface area contributed by atoms with Gasteiger partial charge in [0.05, 0.1) is 18.2 Å². The molecule has 1 aliphatic rings. The number of urea groups is 1. The number of carbonyl (C=O) groups is 2. The van der Waals surface area contributed by atoms with Gasteiger partial charge in [-0.3, -0.25) is 0 Å². The summed E-state index contributed by atoms with van der Waals surface area (Å²) in [5, 5.41) is 14.6. The third-order valence-electron chi connectivity index (χ3n) is 3.15. The summed E-state index contributed by atoms with van der Waals surface area (Å²) in [7, 11) is 0. The summed E-state index contributed by atoms with van der Waals surface area (Å²) in [6, 6.07) is 5.36. The van der Waals surface area contributed by atoms with E-state index >= 15 is 0 Å².